The van der Waals surface area contributed by atoms with Gasteiger partial charge in [0.05, 0.1) is 31.0 Å². The molecule has 2 aliphatic heterocycles. The highest BCUT2D eigenvalue weighted by Crippen LogP contribution is 2.49. The first kappa shape index (κ1) is 20.7. The van der Waals surface area contributed by atoms with Crippen LogP contribution >= 0.6 is 0 Å². The first-order chi connectivity index (χ1) is 14.9. The van der Waals surface area contributed by atoms with E-state index in [0.29, 0.717) is 33.9 Å². The number of methoxy groups -OCH3 is 2. The van der Waals surface area contributed by atoms with Crippen LogP contribution in [0.4, 0.5) is 5.69 Å². The Balaban J connectivity index is 1.81. The average Bonchev–Trinajstić information content (AvgIpc) is 3.05. The van der Waals surface area contributed by atoms with Gasteiger partial charge in [-0.05, 0) is 32.0 Å². The lowest BCUT2D eigenvalue weighted by atomic mass is 10.0. The van der Waals surface area contributed by atoms with E-state index in [1.165, 1.54) is 14.2 Å². The second-order valence-corrected chi connectivity index (χ2v) is 7.80. The number of hydrogen-bond acceptors (Lipinski definition) is 5. The molecule has 0 fully saturated rings. The van der Waals surface area contributed by atoms with Gasteiger partial charge in [-0.1, -0.05) is 18.2 Å². The summed E-state index contributed by atoms with van der Waals surface area (Å²) in [6.45, 7) is 3.94. The predicted molar refractivity (Wildman–Crippen MR) is 114 cm³/mol. The molecule has 8 heteroatoms. The van der Waals surface area contributed by atoms with Gasteiger partial charge in [-0.25, -0.2) is 0 Å². The monoisotopic (exact) mass is 423 g/mol. The van der Waals surface area contributed by atoms with Crippen molar-refractivity contribution in [3.05, 3.63) is 53.1 Å². The fourth-order valence-electron chi connectivity index (χ4n) is 4.27. The van der Waals surface area contributed by atoms with E-state index in [0.717, 1.165) is 0 Å². The van der Waals surface area contributed by atoms with Crippen LogP contribution in [0.3, 0.4) is 0 Å². The van der Waals surface area contributed by atoms with E-state index >= 15 is 0 Å². The Morgan fingerprint density at radius 3 is 2.48 bits per heavy atom. The number of ether oxygens (including phenoxy) is 2. The number of para-hydroxylation sites is 1. The van der Waals surface area contributed by atoms with E-state index in [4.69, 9.17) is 9.47 Å². The van der Waals surface area contributed by atoms with Crippen LogP contribution in [0.15, 0.2) is 36.4 Å². The third-order valence-corrected chi connectivity index (χ3v) is 5.51. The van der Waals surface area contributed by atoms with Crippen LogP contribution in [-0.4, -0.2) is 49.4 Å². The lowest BCUT2D eigenvalue weighted by Crippen LogP contribution is -2.49. The van der Waals surface area contributed by atoms with Crippen LogP contribution in [0, 0.1) is 0 Å². The number of carbonyl (C=O) groups excluding carboxylic acids is 3. The van der Waals surface area contributed by atoms with Crippen LogP contribution in [0.25, 0.3) is 0 Å². The normalized spacial score (nSPS) is 16.7. The van der Waals surface area contributed by atoms with Gasteiger partial charge in [0.2, 0.25) is 5.91 Å². The molecule has 0 aliphatic carbocycles. The highest BCUT2D eigenvalue weighted by Gasteiger charge is 2.49. The Kier molecular flexibility index (Phi) is 5.31. The standard InChI is InChI=1S/C23H25N3O5/c1-13(2)24-18(27)11-12-25-21-15-9-10-17(30-3)20(31-4)19(15)23(29)26(21)16-8-6-5-7-14(16)22(25)28/h5-10,13,21H,11-12H2,1-4H3,(H,24,27)/t21-/m1/s1. The van der Waals surface area contributed by atoms with Gasteiger partial charge >= 0.3 is 0 Å². The van der Waals surface area contributed by atoms with Crippen molar-refractivity contribution in [2.24, 2.45) is 0 Å². The molecule has 0 spiro atoms. The first-order valence-electron chi connectivity index (χ1n) is 10.2. The van der Waals surface area contributed by atoms with E-state index in [9.17, 15) is 14.4 Å². The average molecular weight is 423 g/mol. The lowest BCUT2D eigenvalue weighted by molar-refractivity contribution is -0.121. The molecule has 1 atom stereocenters. The summed E-state index contributed by atoms with van der Waals surface area (Å²) < 4.78 is 10.9. The first-order valence-corrected chi connectivity index (χ1v) is 10.2. The number of nitrogens with zero attached hydrogens (tertiary/aromatic N) is 2. The molecule has 0 bridgehead atoms. The molecule has 0 unspecified atom stereocenters. The van der Waals surface area contributed by atoms with Crippen LogP contribution < -0.4 is 19.7 Å². The topological polar surface area (TPSA) is 88.2 Å². The fourth-order valence-corrected chi connectivity index (χ4v) is 4.27. The number of rotatable bonds is 6. The zero-order valence-electron chi connectivity index (χ0n) is 18.0. The van der Waals surface area contributed by atoms with Crippen LogP contribution in [0.2, 0.25) is 0 Å². The van der Waals surface area contributed by atoms with Gasteiger partial charge in [0.1, 0.15) is 6.17 Å². The largest absolute Gasteiger partial charge is 0.493 e. The number of hydrogen-bond donors (Lipinski definition) is 1. The molecule has 31 heavy (non-hydrogen) atoms. The van der Waals surface area contributed by atoms with Crippen LogP contribution in [0.5, 0.6) is 11.5 Å². The Labute approximate surface area is 180 Å². The number of anilines is 1. The Morgan fingerprint density at radius 1 is 1.06 bits per heavy atom. The van der Waals surface area contributed by atoms with Gasteiger partial charge in [-0.2, -0.15) is 0 Å². The van der Waals surface area contributed by atoms with E-state index < -0.39 is 6.17 Å². The summed E-state index contributed by atoms with van der Waals surface area (Å²) in [6, 6.07) is 10.5. The molecule has 0 radical (unpaired) electrons. The van der Waals surface area contributed by atoms with Gasteiger partial charge in [0.25, 0.3) is 11.8 Å². The molecule has 2 aromatic rings. The number of carbonyl (C=O) groups is 3. The molecule has 0 saturated carbocycles. The summed E-state index contributed by atoms with van der Waals surface area (Å²) in [5, 5.41) is 2.84. The number of fused-ring (bicyclic) bond motifs is 5. The highest BCUT2D eigenvalue weighted by atomic mass is 16.5. The third kappa shape index (κ3) is 3.28. The lowest BCUT2D eigenvalue weighted by Gasteiger charge is -2.40. The molecule has 0 saturated heterocycles. The van der Waals surface area contributed by atoms with Crippen LogP contribution in [-0.2, 0) is 4.79 Å². The second kappa shape index (κ2) is 7.94. The zero-order chi connectivity index (χ0) is 22.3. The molecular weight excluding hydrogens is 398 g/mol. The van der Waals surface area contributed by atoms with Gasteiger partial charge < -0.3 is 19.7 Å². The van der Waals surface area contributed by atoms with Gasteiger partial charge in [0, 0.05) is 24.6 Å². The smallest absolute Gasteiger partial charge is 0.264 e. The summed E-state index contributed by atoms with van der Waals surface area (Å²) >= 11 is 0. The maximum absolute atomic E-state index is 13.6. The Hall–Kier alpha value is -3.55. The van der Waals surface area contributed by atoms with E-state index in [-0.39, 0.29) is 36.7 Å². The van der Waals surface area contributed by atoms with E-state index in [1.807, 2.05) is 13.8 Å². The molecule has 2 aliphatic rings. The number of amides is 3. The molecule has 2 heterocycles. The Morgan fingerprint density at radius 2 is 1.81 bits per heavy atom. The quantitative estimate of drug-likeness (QED) is 0.772. The number of benzene rings is 2. The van der Waals surface area contributed by atoms with Crippen LogP contribution in [0.1, 0.15) is 52.7 Å². The van der Waals surface area contributed by atoms with Crippen molar-refractivity contribution in [3.63, 3.8) is 0 Å². The van der Waals surface area contributed by atoms with Crippen molar-refractivity contribution in [3.8, 4) is 11.5 Å². The van der Waals surface area contributed by atoms with Crippen molar-refractivity contribution in [1.82, 2.24) is 10.2 Å². The SMILES string of the molecule is COc1ccc2c(c1OC)C(=O)N1c3ccccc3C(=O)N(CCC(=O)NC(C)C)[C@@H]21. The van der Waals surface area contributed by atoms with Crippen molar-refractivity contribution < 1.29 is 23.9 Å². The summed E-state index contributed by atoms with van der Waals surface area (Å²) in [5.74, 6) is 0.140. The Bertz CT molecular complexity index is 1070. The minimum Gasteiger partial charge on any atom is -0.493 e. The van der Waals surface area contributed by atoms with Crippen molar-refractivity contribution in [2.75, 3.05) is 25.7 Å². The molecular formula is C23H25N3O5. The molecule has 4 rings (SSSR count). The second-order valence-electron chi connectivity index (χ2n) is 7.80. The van der Waals surface area contributed by atoms with Crippen molar-refractivity contribution >= 4 is 23.4 Å². The van der Waals surface area contributed by atoms with Crippen molar-refractivity contribution in [2.45, 2.75) is 32.5 Å². The fraction of sp³-hybridized carbons (Fsp3) is 0.348. The summed E-state index contributed by atoms with van der Waals surface area (Å²) in [5.41, 5.74) is 1.99. The molecule has 1 N–H and O–H groups in total. The predicted octanol–water partition coefficient (Wildman–Crippen LogP) is 2.73. The summed E-state index contributed by atoms with van der Waals surface area (Å²) in [6.07, 6.45) is -0.524. The van der Waals surface area contributed by atoms with E-state index in [2.05, 4.69) is 5.32 Å². The molecule has 0 aromatic heterocycles. The minimum atomic E-state index is -0.656. The van der Waals surface area contributed by atoms with Gasteiger partial charge in [0.15, 0.2) is 11.5 Å². The van der Waals surface area contributed by atoms with Gasteiger partial charge in [-0.3, -0.25) is 19.3 Å². The molecule has 2 aromatic carbocycles. The van der Waals surface area contributed by atoms with Gasteiger partial charge in [-0.15, -0.1) is 0 Å². The van der Waals surface area contributed by atoms with Crippen molar-refractivity contribution in [1.29, 1.82) is 0 Å². The summed E-state index contributed by atoms with van der Waals surface area (Å²) in [4.78, 5) is 42.4. The molecule has 8 nitrogen and oxygen atoms in total. The van der Waals surface area contributed by atoms with E-state index in [1.54, 1.807) is 46.2 Å². The minimum absolute atomic E-state index is 0.00675. The maximum atomic E-state index is 13.6. The summed E-state index contributed by atoms with van der Waals surface area (Å²) in [7, 11) is 2.99. The molecule has 3 amide bonds. The highest BCUT2D eigenvalue weighted by molar-refractivity contribution is 6.18. The number of nitrogens with one attached hydrogen (secondary N) is 1. The third-order valence-electron chi connectivity index (χ3n) is 5.51. The maximum Gasteiger partial charge on any atom is 0.264 e. The zero-order valence-corrected chi connectivity index (χ0v) is 18.0. The molecule has 162 valence electrons.